The van der Waals surface area contributed by atoms with E-state index in [1.807, 2.05) is 36.4 Å². The maximum absolute atomic E-state index is 8.79. The van der Waals surface area contributed by atoms with E-state index in [1.165, 1.54) is 12.8 Å². The minimum absolute atomic E-state index is 0.150. The van der Waals surface area contributed by atoms with Crippen LogP contribution in [-0.4, -0.2) is 13.1 Å². The summed E-state index contributed by atoms with van der Waals surface area (Å²) in [5.41, 5.74) is 2.22. The third-order valence-electron chi connectivity index (χ3n) is 2.92. The average Bonchev–Trinajstić information content (AvgIpc) is 2.90. The summed E-state index contributed by atoms with van der Waals surface area (Å²) in [7, 11) is 0. The van der Waals surface area contributed by atoms with Gasteiger partial charge in [0.25, 0.3) is 0 Å². The molecule has 1 aliphatic rings. The predicted molar refractivity (Wildman–Crippen MR) is 67.1 cm³/mol. The van der Waals surface area contributed by atoms with Gasteiger partial charge in [-0.3, -0.25) is 0 Å². The second kappa shape index (κ2) is 5.18. The van der Waals surface area contributed by atoms with Gasteiger partial charge in [-0.2, -0.15) is 10.5 Å². The van der Waals surface area contributed by atoms with Gasteiger partial charge < -0.3 is 4.90 Å². The molecule has 84 valence electrons. The van der Waals surface area contributed by atoms with Crippen LogP contribution in [0.5, 0.6) is 0 Å². The van der Waals surface area contributed by atoms with E-state index >= 15 is 0 Å². The topological polar surface area (TPSA) is 50.8 Å². The zero-order valence-electron chi connectivity index (χ0n) is 9.56. The van der Waals surface area contributed by atoms with Crippen molar-refractivity contribution in [3.05, 3.63) is 35.4 Å². The maximum atomic E-state index is 8.79. The monoisotopic (exact) mass is 223 g/mol. The van der Waals surface area contributed by atoms with Gasteiger partial charge in [0.1, 0.15) is 17.7 Å². The van der Waals surface area contributed by atoms with E-state index in [2.05, 4.69) is 4.90 Å². The molecule has 3 nitrogen and oxygen atoms in total. The highest BCUT2D eigenvalue weighted by Crippen LogP contribution is 2.26. The lowest BCUT2D eigenvalue weighted by Crippen LogP contribution is -2.18. The molecule has 0 aliphatic carbocycles. The highest BCUT2D eigenvalue weighted by atomic mass is 15.1. The van der Waals surface area contributed by atoms with Gasteiger partial charge >= 0.3 is 0 Å². The number of hydrogen-bond donors (Lipinski definition) is 0. The summed E-state index contributed by atoms with van der Waals surface area (Å²) in [5, 5.41) is 17.6. The molecule has 2 rings (SSSR count). The third-order valence-corrected chi connectivity index (χ3v) is 2.92. The van der Waals surface area contributed by atoms with Crippen molar-refractivity contribution in [2.75, 3.05) is 18.0 Å². The number of benzene rings is 1. The Bertz CT molecular complexity index is 495. The molecule has 1 aromatic rings. The molecule has 0 amide bonds. The molecule has 3 heteroatoms. The third kappa shape index (κ3) is 2.46. The van der Waals surface area contributed by atoms with E-state index in [-0.39, 0.29) is 5.57 Å². The molecule has 1 aromatic carbocycles. The fourth-order valence-electron chi connectivity index (χ4n) is 2.10. The minimum atomic E-state index is 0.150. The van der Waals surface area contributed by atoms with Gasteiger partial charge in [-0.25, -0.2) is 0 Å². The standard InChI is InChI=1S/C14H13N3/c15-10-12(11-16)9-13-5-1-2-6-14(13)17-7-3-4-8-17/h1-2,5-6,9H,3-4,7-8H2. The molecule has 0 saturated carbocycles. The van der Waals surface area contributed by atoms with E-state index in [1.54, 1.807) is 6.08 Å². The summed E-state index contributed by atoms with van der Waals surface area (Å²) >= 11 is 0. The predicted octanol–water partition coefficient (Wildman–Crippen LogP) is 2.72. The van der Waals surface area contributed by atoms with Gasteiger partial charge in [-0.15, -0.1) is 0 Å². The first-order valence-corrected chi connectivity index (χ1v) is 5.71. The lowest BCUT2D eigenvalue weighted by molar-refractivity contribution is 0.949. The molecule has 0 spiro atoms. The van der Waals surface area contributed by atoms with Crippen LogP contribution in [0, 0.1) is 22.7 Å². The molecule has 0 N–H and O–H groups in total. The van der Waals surface area contributed by atoms with Crippen molar-refractivity contribution in [1.29, 1.82) is 10.5 Å². The SMILES string of the molecule is N#CC(C#N)=Cc1ccccc1N1CCCC1. The van der Waals surface area contributed by atoms with Crippen LogP contribution in [0.3, 0.4) is 0 Å². The minimum Gasteiger partial charge on any atom is -0.371 e. The van der Waals surface area contributed by atoms with Crippen LogP contribution >= 0.6 is 0 Å². The Hall–Kier alpha value is -2.26. The fourth-order valence-corrected chi connectivity index (χ4v) is 2.10. The van der Waals surface area contributed by atoms with Crippen molar-refractivity contribution in [3.8, 4) is 12.1 Å². The largest absolute Gasteiger partial charge is 0.371 e. The van der Waals surface area contributed by atoms with Crippen LogP contribution in [0.2, 0.25) is 0 Å². The van der Waals surface area contributed by atoms with Gasteiger partial charge in [-0.1, -0.05) is 18.2 Å². The molecule has 1 saturated heterocycles. The number of allylic oxidation sites excluding steroid dienone is 1. The lowest BCUT2D eigenvalue weighted by Gasteiger charge is -2.19. The van der Waals surface area contributed by atoms with Crippen molar-refractivity contribution in [2.45, 2.75) is 12.8 Å². The Balaban J connectivity index is 2.38. The summed E-state index contributed by atoms with van der Waals surface area (Å²) in [6.07, 6.45) is 4.08. The molecule has 17 heavy (non-hydrogen) atoms. The second-order valence-corrected chi connectivity index (χ2v) is 4.03. The first-order chi connectivity index (χ1) is 8.35. The summed E-state index contributed by atoms with van der Waals surface area (Å²) in [6, 6.07) is 11.7. The summed E-state index contributed by atoms with van der Waals surface area (Å²) in [4.78, 5) is 2.30. The fraction of sp³-hybridized carbons (Fsp3) is 0.286. The Kier molecular flexibility index (Phi) is 3.43. The number of nitrogens with zero attached hydrogens (tertiary/aromatic N) is 3. The Labute approximate surface area is 101 Å². The molecule has 0 atom stereocenters. The van der Waals surface area contributed by atoms with Crippen LogP contribution in [0.15, 0.2) is 29.8 Å². The van der Waals surface area contributed by atoms with Gasteiger partial charge in [0.2, 0.25) is 0 Å². The molecular weight excluding hydrogens is 210 g/mol. The number of anilines is 1. The molecular formula is C14H13N3. The number of nitriles is 2. The average molecular weight is 223 g/mol. The van der Waals surface area contributed by atoms with E-state index in [4.69, 9.17) is 10.5 Å². The van der Waals surface area contributed by atoms with Gasteiger partial charge in [0.15, 0.2) is 0 Å². The quantitative estimate of drug-likeness (QED) is 0.724. The van der Waals surface area contributed by atoms with Crippen molar-refractivity contribution in [1.82, 2.24) is 0 Å². The van der Waals surface area contributed by atoms with Crippen molar-refractivity contribution in [2.24, 2.45) is 0 Å². The number of para-hydroxylation sites is 1. The molecule has 0 bridgehead atoms. The van der Waals surface area contributed by atoms with Crippen LogP contribution in [-0.2, 0) is 0 Å². The van der Waals surface area contributed by atoms with E-state index in [9.17, 15) is 0 Å². The smallest absolute Gasteiger partial charge is 0.130 e. The summed E-state index contributed by atoms with van der Waals surface area (Å²) in [6.45, 7) is 2.11. The Morgan fingerprint density at radius 1 is 1.12 bits per heavy atom. The maximum Gasteiger partial charge on any atom is 0.130 e. The normalized spacial score (nSPS) is 13.9. The van der Waals surface area contributed by atoms with Crippen LogP contribution in [0.25, 0.3) is 6.08 Å². The van der Waals surface area contributed by atoms with E-state index < -0.39 is 0 Å². The molecule has 0 unspecified atom stereocenters. The highest BCUT2D eigenvalue weighted by Gasteiger charge is 2.14. The van der Waals surface area contributed by atoms with Crippen molar-refractivity contribution in [3.63, 3.8) is 0 Å². The van der Waals surface area contributed by atoms with Gasteiger partial charge in [0.05, 0.1) is 0 Å². The Morgan fingerprint density at radius 3 is 2.41 bits per heavy atom. The van der Waals surface area contributed by atoms with E-state index in [0.29, 0.717) is 0 Å². The lowest BCUT2D eigenvalue weighted by atomic mass is 10.1. The van der Waals surface area contributed by atoms with Crippen LogP contribution in [0.4, 0.5) is 5.69 Å². The van der Waals surface area contributed by atoms with Crippen LogP contribution < -0.4 is 4.90 Å². The zero-order valence-corrected chi connectivity index (χ0v) is 9.56. The van der Waals surface area contributed by atoms with Crippen LogP contribution in [0.1, 0.15) is 18.4 Å². The zero-order chi connectivity index (χ0) is 12.1. The van der Waals surface area contributed by atoms with E-state index in [0.717, 1.165) is 24.3 Å². The molecule has 1 aliphatic heterocycles. The molecule has 0 radical (unpaired) electrons. The Morgan fingerprint density at radius 2 is 1.76 bits per heavy atom. The van der Waals surface area contributed by atoms with Crippen molar-refractivity contribution < 1.29 is 0 Å². The molecule has 1 heterocycles. The van der Waals surface area contributed by atoms with Gasteiger partial charge in [0, 0.05) is 18.8 Å². The number of hydrogen-bond acceptors (Lipinski definition) is 3. The summed E-state index contributed by atoms with van der Waals surface area (Å²) < 4.78 is 0. The molecule has 1 fully saturated rings. The van der Waals surface area contributed by atoms with Gasteiger partial charge in [-0.05, 0) is 30.5 Å². The number of rotatable bonds is 2. The van der Waals surface area contributed by atoms with Crippen molar-refractivity contribution >= 4 is 11.8 Å². The molecule has 0 aromatic heterocycles. The highest BCUT2D eigenvalue weighted by molar-refractivity contribution is 5.72. The first-order valence-electron chi connectivity index (χ1n) is 5.71. The first kappa shape index (κ1) is 11.2. The second-order valence-electron chi connectivity index (χ2n) is 4.03. The summed E-state index contributed by atoms with van der Waals surface area (Å²) in [5.74, 6) is 0.